The van der Waals surface area contributed by atoms with Gasteiger partial charge in [0, 0.05) is 6.21 Å². The highest BCUT2D eigenvalue weighted by atomic mass is 16.2. The highest BCUT2D eigenvalue weighted by Crippen LogP contribution is 2.21. The van der Waals surface area contributed by atoms with Crippen molar-refractivity contribution < 1.29 is 0 Å². The first-order valence-electron chi connectivity index (χ1n) is 4.87. The van der Waals surface area contributed by atoms with Gasteiger partial charge in [0.15, 0.2) is 0 Å². The summed E-state index contributed by atoms with van der Waals surface area (Å²) in [4.78, 5) is 31.5. The number of nitrogens with one attached hydrogen (secondary N) is 2. The highest BCUT2D eigenvalue weighted by molar-refractivity contribution is 5.83. The molecule has 0 unspecified atom stereocenters. The summed E-state index contributed by atoms with van der Waals surface area (Å²) in [6.45, 7) is 3.68. The molecule has 0 atom stereocenters. The van der Waals surface area contributed by atoms with E-state index in [0.717, 1.165) is 11.3 Å². The second kappa shape index (κ2) is 3.77. The van der Waals surface area contributed by atoms with E-state index in [-0.39, 0.29) is 0 Å². The molecule has 0 aliphatic carbocycles. The van der Waals surface area contributed by atoms with Crippen molar-refractivity contribution in [2.45, 2.75) is 13.8 Å². The number of aromatic nitrogens is 2. The second-order valence-corrected chi connectivity index (χ2v) is 3.48. The van der Waals surface area contributed by atoms with Gasteiger partial charge in [0.1, 0.15) is 0 Å². The van der Waals surface area contributed by atoms with E-state index in [1.54, 1.807) is 25.3 Å². The molecular formula is C11H11N3O2. The van der Waals surface area contributed by atoms with E-state index in [0.29, 0.717) is 10.9 Å². The minimum atomic E-state index is -0.497. The van der Waals surface area contributed by atoms with Crippen LogP contribution in [0.2, 0.25) is 0 Å². The molecule has 1 aromatic carbocycles. The maximum absolute atomic E-state index is 11.5. The largest absolute Gasteiger partial charge is 0.326 e. The van der Waals surface area contributed by atoms with E-state index in [1.165, 1.54) is 0 Å². The van der Waals surface area contributed by atoms with Gasteiger partial charge in [-0.1, -0.05) is 0 Å². The van der Waals surface area contributed by atoms with Crippen molar-refractivity contribution in [3.8, 4) is 0 Å². The van der Waals surface area contributed by atoms with E-state index in [2.05, 4.69) is 15.0 Å². The molecule has 0 saturated carbocycles. The Morgan fingerprint density at radius 2 is 2.00 bits per heavy atom. The number of aliphatic imine (C=N–C) groups is 1. The van der Waals surface area contributed by atoms with Gasteiger partial charge < -0.3 is 4.98 Å². The van der Waals surface area contributed by atoms with Gasteiger partial charge in [-0.05, 0) is 31.5 Å². The van der Waals surface area contributed by atoms with E-state index >= 15 is 0 Å². The van der Waals surface area contributed by atoms with Crippen molar-refractivity contribution in [2.24, 2.45) is 4.99 Å². The normalized spacial score (nSPS) is 11.4. The topological polar surface area (TPSA) is 78.1 Å². The fraction of sp³-hybridized carbons (Fsp3) is 0.182. The monoisotopic (exact) mass is 217 g/mol. The van der Waals surface area contributed by atoms with E-state index in [9.17, 15) is 9.59 Å². The highest BCUT2D eigenvalue weighted by Gasteiger charge is 2.04. The van der Waals surface area contributed by atoms with Crippen LogP contribution in [-0.2, 0) is 0 Å². The third-order valence-electron chi connectivity index (χ3n) is 2.32. The molecule has 2 rings (SSSR count). The number of hydrogen-bond donors (Lipinski definition) is 2. The number of hydrogen-bond acceptors (Lipinski definition) is 3. The number of H-pyrrole nitrogens is 2. The first kappa shape index (κ1) is 10.4. The molecule has 0 bridgehead atoms. The molecule has 0 aliphatic rings. The van der Waals surface area contributed by atoms with Gasteiger partial charge >= 0.3 is 5.69 Å². The van der Waals surface area contributed by atoms with Crippen LogP contribution in [-0.4, -0.2) is 16.2 Å². The molecule has 5 heteroatoms. The number of aromatic amines is 2. The Hall–Kier alpha value is -2.17. The number of rotatable bonds is 1. The molecule has 0 saturated heterocycles. The Morgan fingerprint density at radius 1 is 1.25 bits per heavy atom. The predicted octanol–water partition coefficient (Wildman–Crippen LogP) is 1.25. The van der Waals surface area contributed by atoms with Gasteiger partial charge in [-0.15, -0.1) is 0 Å². The average molecular weight is 217 g/mol. The molecule has 0 fully saturated rings. The van der Waals surface area contributed by atoms with Crippen molar-refractivity contribution >= 4 is 22.8 Å². The lowest BCUT2D eigenvalue weighted by Gasteiger charge is -2.02. The summed E-state index contributed by atoms with van der Waals surface area (Å²) in [5.41, 5.74) is 1.27. The lowest BCUT2D eigenvalue weighted by molar-refractivity contribution is 1.08. The molecule has 0 radical (unpaired) electrons. The van der Waals surface area contributed by atoms with Crippen LogP contribution in [0.4, 0.5) is 5.69 Å². The number of nitrogens with zero attached hydrogens (tertiary/aromatic N) is 1. The molecule has 1 heterocycles. The Morgan fingerprint density at radius 3 is 2.69 bits per heavy atom. The Kier molecular flexibility index (Phi) is 2.44. The minimum absolute atomic E-state index is 0.397. The van der Waals surface area contributed by atoms with E-state index < -0.39 is 11.2 Å². The summed E-state index contributed by atoms with van der Waals surface area (Å²) < 4.78 is 0. The lowest BCUT2D eigenvalue weighted by atomic mass is 10.1. The lowest BCUT2D eigenvalue weighted by Crippen LogP contribution is -2.21. The van der Waals surface area contributed by atoms with Gasteiger partial charge in [-0.3, -0.25) is 14.8 Å². The second-order valence-electron chi connectivity index (χ2n) is 3.48. The molecule has 1 aromatic heterocycles. The van der Waals surface area contributed by atoms with Crippen molar-refractivity contribution in [3.63, 3.8) is 0 Å². The molecule has 2 aromatic rings. The molecule has 2 N–H and O–H groups in total. The van der Waals surface area contributed by atoms with Crippen molar-refractivity contribution in [1.29, 1.82) is 0 Å². The van der Waals surface area contributed by atoms with Crippen LogP contribution in [0, 0.1) is 6.92 Å². The number of benzene rings is 1. The Bertz CT molecular complexity index is 680. The van der Waals surface area contributed by atoms with Gasteiger partial charge in [0.25, 0.3) is 5.56 Å². The first-order valence-corrected chi connectivity index (χ1v) is 4.87. The fourth-order valence-corrected chi connectivity index (χ4v) is 1.59. The van der Waals surface area contributed by atoms with Gasteiger partial charge in [-0.2, -0.15) is 0 Å². The fourth-order valence-electron chi connectivity index (χ4n) is 1.59. The van der Waals surface area contributed by atoms with Crippen molar-refractivity contribution in [2.75, 3.05) is 0 Å². The van der Waals surface area contributed by atoms with Crippen LogP contribution < -0.4 is 11.2 Å². The van der Waals surface area contributed by atoms with E-state index in [4.69, 9.17) is 0 Å². The molecule has 5 nitrogen and oxygen atoms in total. The predicted molar refractivity (Wildman–Crippen MR) is 63.8 cm³/mol. The van der Waals surface area contributed by atoms with Crippen molar-refractivity contribution in [1.82, 2.24) is 9.97 Å². The molecular weight excluding hydrogens is 206 g/mol. The SMILES string of the molecule is C/C=N\c1cc2c(=O)[nH]c(=O)[nH]c2cc1C. The minimum Gasteiger partial charge on any atom is -0.307 e. The zero-order valence-corrected chi connectivity index (χ0v) is 9.00. The summed E-state index contributed by atoms with van der Waals surface area (Å²) in [5.74, 6) is 0. The van der Waals surface area contributed by atoms with Crippen LogP contribution in [0.1, 0.15) is 12.5 Å². The van der Waals surface area contributed by atoms with Gasteiger partial charge in [0.2, 0.25) is 0 Å². The maximum atomic E-state index is 11.5. The van der Waals surface area contributed by atoms with E-state index in [1.807, 2.05) is 6.92 Å². The molecule has 82 valence electrons. The Balaban J connectivity index is 2.90. The molecule has 0 spiro atoms. The third kappa shape index (κ3) is 1.67. The molecule has 0 amide bonds. The quantitative estimate of drug-likeness (QED) is 0.705. The van der Waals surface area contributed by atoms with Gasteiger partial charge in [-0.25, -0.2) is 4.79 Å². The smallest absolute Gasteiger partial charge is 0.307 e. The van der Waals surface area contributed by atoms with Crippen LogP contribution in [0.5, 0.6) is 0 Å². The average Bonchev–Trinajstić information content (AvgIpc) is 2.20. The summed E-state index contributed by atoms with van der Waals surface area (Å²) in [5, 5.41) is 0.436. The molecule has 0 aliphatic heterocycles. The first-order chi connectivity index (χ1) is 7.61. The van der Waals surface area contributed by atoms with Crippen molar-refractivity contribution in [3.05, 3.63) is 38.5 Å². The van der Waals surface area contributed by atoms with Crippen LogP contribution >= 0.6 is 0 Å². The summed E-state index contributed by atoms with van der Waals surface area (Å²) in [6, 6.07) is 3.41. The third-order valence-corrected chi connectivity index (χ3v) is 2.32. The van der Waals surface area contributed by atoms with Crippen LogP contribution in [0.3, 0.4) is 0 Å². The van der Waals surface area contributed by atoms with Gasteiger partial charge in [0.05, 0.1) is 16.6 Å². The maximum Gasteiger partial charge on any atom is 0.326 e. The number of aryl methyl sites for hydroxylation is 1. The summed E-state index contributed by atoms with van der Waals surface area (Å²) in [6.07, 6.45) is 1.66. The standard InChI is InChI=1S/C11H11N3O2/c1-3-12-8-5-7-9(4-6(8)2)13-11(16)14-10(7)15/h3-5H,1-2H3,(H2,13,14,15,16)/b12-3-. The summed E-state index contributed by atoms with van der Waals surface area (Å²) in [7, 11) is 0. The zero-order valence-electron chi connectivity index (χ0n) is 9.00. The Labute approximate surface area is 90.9 Å². The number of fused-ring (bicyclic) bond motifs is 1. The molecule has 16 heavy (non-hydrogen) atoms. The zero-order chi connectivity index (χ0) is 11.7. The van der Waals surface area contributed by atoms with Crippen LogP contribution in [0.15, 0.2) is 26.7 Å². The summed E-state index contributed by atoms with van der Waals surface area (Å²) >= 11 is 0. The van der Waals surface area contributed by atoms with Crippen LogP contribution in [0.25, 0.3) is 10.9 Å².